The first-order valence-electron chi connectivity index (χ1n) is 9.92. The van der Waals surface area contributed by atoms with Crippen molar-refractivity contribution >= 4 is 47.3 Å². The fourth-order valence-corrected chi connectivity index (χ4v) is 6.21. The summed E-state index contributed by atoms with van der Waals surface area (Å²) in [5.74, 6) is -3.55. The number of rotatable bonds is 9. The van der Waals surface area contributed by atoms with E-state index in [1.165, 1.54) is 11.8 Å². The summed E-state index contributed by atoms with van der Waals surface area (Å²) in [5, 5.41) is 33.7. The van der Waals surface area contributed by atoms with Crippen LogP contribution in [0.25, 0.3) is 0 Å². The summed E-state index contributed by atoms with van der Waals surface area (Å²) in [6, 6.07) is 6.70. The summed E-state index contributed by atoms with van der Waals surface area (Å²) in [6.45, 7) is 0. The summed E-state index contributed by atoms with van der Waals surface area (Å²) in [7, 11) is 0. The smallest absolute Gasteiger partial charge is 0.352 e. The van der Waals surface area contributed by atoms with Crippen LogP contribution in [0.1, 0.15) is 18.0 Å². The summed E-state index contributed by atoms with van der Waals surface area (Å²) in [6.07, 6.45) is -0.406. The monoisotopic (exact) mass is 505 g/mol. The maximum atomic E-state index is 12.9. The molecule has 0 bridgehead atoms. The van der Waals surface area contributed by atoms with Gasteiger partial charge in [-0.15, -0.1) is 16.9 Å². The lowest BCUT2D eigenvalue weighted by molar-refractivity contribution is -0.150. The fourth-order valence-electron chi connectivity index (χ4n) is 3.67. The number of thioether (sulfide) groups is 2. The normalized spacial score (nSPS) is 21.3. The van der Waals surface area contributed by atoms with Gasteiger partial charge in [0.25, 0.3) is 5.91 Å². The van der Waals surface area contributed by atoms with E-state index >= 15 is 0 Å². The van der Waals surface area contributed by atoms with E-state index in [9.17, 15) is 29.4 Å². The van der Waals surface area contributed by atoms with Crippen LogP contribution < -0.4 is 11.1 Å². The van der Waals surface area contributed by atoms with Crippen LogP contribution in [0.2, 0.25) is 0 Å². The van der Waals surface area contributed by atoms with Crippen LogP contribution in [-0.4, -0.2) is 81.9 Å². The molecule has 2 aliphatic rings. The zero-order chi connectivity index (χ0) is 24.4. The summed E-state index contributed by atoms with van der Waals surface area (Å²) in [5.41, 5.74) is 6.54. The topological polar surface area (TPSA) is 204 Å². The number of H-pyrrole nitrogens is 1. The lowest BCUT2D eigenvalue weighted by Crippen LogP contribution is -2.71. The SMILES string of the molecule is NC(C(=O)NC1C(=O)N2C(C(=O)O)=C(C(CC(=O)O)Sc3nnn[nH]3)CS[C@@H]12)c1ccccc1. The molecule has 15 heteroatoms. The number of fused-ring (bicyclic) bond motifs is 1. The number of nitrogens with two attached hydrogens (primary N) is 1. The van der Waals surface area contributed by atoms with Gasteiger partial charge in [-0.05, 0) is 21.6 Å². The maximum Gasteiger partial charge on any atom is 0.352 e. The molecule has 4 rings (SSSR count). The molecular formula is C19H19N7O6S2. The Bertz CT molecular complexity index is 1140. The standard InChI is InChI=1S/C19H19N7O6S2/c20-12(8-4-2-1-3-5-8)15(29)21-13-16(30)26-14(18(31)32)9(7-33-17(13)26)10(6-11(27)28)34-19-22-24-25-23-19/h1-5,10,12-13,17H,6-7,20H2,(H,21,29)(H,27,28)(H,31,32)(H,22,23,24,25)/t10?,12?,13?,17-/m0/s1. The zero-order valence-corrected chi connectivity index (χ0v) is 19.0. The third-order valence-corrected chi connectivity index (χ3v) is 7.70. The average molecular weight is 506 g/mol. The van der Waals surface area contributed by atoms with Crippen molar-refractivity contribution in [3.05, 3.63) is 47.2 Å². The second-order valence-corrected chi connectivity index (χ2v) is 9.67. The summed E-state index contributed by atoms with van der Waals surface area (Å²) >= 11 is 2.19. The number of tetrazole rings is 1. The molecule has 178 valence electrons. The van der Waals surface area contributed by atoms with Crippen LogP contribution in [0.4, 0.5) is 0 Å². The largest absolute Gasteiger partial charge is 0.481 e. The summed E-state index contributed by atoms with van der Waals surface area (Å²) in [4.78, 5) is 50.2. The number of carbonyl (C=O) groups is 4. The van der Waals surface area contributed by atoms with Crippen molar-refractivity contribution in [2.24, 2.45) is 5.73 Å². The summed E-state index contributed by atoms with van der Waals surface area (Å²) < 4.78 is 0. The predicted molar refractivity (Wildman–Crippen MR) is 119 cm³/mol. The van der Waals surface area contributed by atoms with E-state index in [1.807, 2.05) is 0 Å². The van der Waals surface area contributed by atoms with Gasteiger partial charge in [0.2, 0.25) is 11.1 Å². The molecule has 6 N–H and O–H groups in total. The van der Waals surface area contributed by atoms with Crippen molar-refractivity contribution < 1.29 is 29.4 Å². The van der Waals surface area contributed by atoms with E-state index in [0.29, 0.717) is 5.56 Å². The van der Waals surface area contributed by atoms with Crippen molar-refractivity contribution in [2.45, 2.75) is 34.3 Å². The van der Waals surface area contributed by atoms with E-state index in [1.54, 1.807) is 30.3 Å². The maximum absolute atomic E-state index is 12.9. The second kappa shape index (κ2) is 9.82. The molecule has 1 saturated heterocycles. The lowest BCUT2D eigenvalue weighted by atomic mass is 9.99. The van der Waals surface area contributed by atoms with Gasteiger partial charge in [0.15, 0.2) is 0 Å². The Morgan fingerprint density at radius 1 is 1.29 bits per heavy atom. The molecule has 0 radical (unpaired) electrons. The average Bonchev–Trinajstić information content (AvgIpc) is 3.33. The van der Waals surface area contributed by atoms with Gasteiger partial charge in [0.05, 0.1) is 6.42 Å². The molecule has 1 aromatic heterocycles. The third-order valence-electron chi connectivity index (χ3n) is 5.27. The minimum absolute atomic E-state index is 0.139. The minimum atomic E-state index is -1.37. The molecule has 4 atom stereocenters. The number of benzene rings is 1. The number of amides is 2. The van der Waals surface area contributed by atoms with Crippen molar-refractivity contribution in [3.8, 4) is 0 Å². The molecule has 3 unspecified atom stereocenters. The number of carbonyl (C=O) groups excluding carboxylic acids is 2. The van der Waals surface area contributed by atoms with E-state index in [4.69, 9.17) is 5.73 Å². The minimum Gasteiger partial charge on any atom is -0.481 e. The third kappa shape index (κ3) is 4.62. The Morgan fingerprint density at radius 3 is 2.65 bits per heavy atom. The lowest BCUT2D eigenvalue weighted by Gasteiger charge is -2.50. The number of carboxylic acid groups (broad SMARTS) is 2. The van der Waals surface area contributed by atoms with Gasteiger partial charge in [-0.1, -0.05) is 42.1 Å². The van der Waals surface area contributed by atoms with Crippen molar-refractivity contribution in [2.75, 3.05) is 5.75 Å². The zero-order valence-electron chi connectivity index (χ0n) is 17.3. The first kappa shape index (κ1) is 23.7. The van der Waals surface area contributed by atoms with Crippen LogP contribution >= 0.6 is 23.5 Å². The van der Waals surface area contributed by atoms with Gasteiger partial charge in [0, 0.05) is 11.0 Å². The number of β-lactam (4-membered cyclic amide) rings is 1. The van der Waals surface area contributed by atoms with Crippen LogP contribution in [0.5, 0.6) is 0 Å². The highest BCUT2D eigenvalue weighted by molar-refractivity contribution is 8.01. The molecule has 0 spiro atoms. The molecule has 2 amide bonds. The second-order valence-electron chi connectivity index (χ2n) is 7.37. The van der Waals surface area contributed by atoms with Crippen LogP contribution in [0.15, 0.2) is 46.8 Å². The number of nitrogens with zero attached hydrogens (tertiary/aromatic N) is 4. The first-order valence-corrected chi connectivity index (χ1v) is 11.8. The Labute approximate surface area is 200 Å². The van der Waals surface area contributed by atoms with Gasteiger partial charge in [0.1, 0.15) is 23.2 Å². The van der Waals surface area contributed by atoms with Gasteiger partial charge < -0.3 is 21.3 Å². The number of aliphatic carboxylic acids is 2. The van der Waals surface area contributed by atoms with Crippen molar-refractivity contribution in [1.29, 1.82) is 0 Å². The van der Waals surface area contributed by atoms with Crippen LogP contribution in [0, 0.1) is 0 Å². The molecule has 3 heterocycles. The number of hydrogen-bond acceptors (Lipinski definition) is 10. The van der Waals surface area contributed by atoms with Gasteiger partial charge in [-0.3, -0.25) is 19.3 Å². The Hall–Kier alpha value is -3.43. The number of hydrogen-bond donors (Lipinski definition) is 5. The van der Waals surface area contributed by atoms with E-state index in [-0.39, 0.29) is 22.2 Å². The number of aromatic amines is 1. The first-order chi connectivity index (χ1) is 16.3. The molecule has 2 aromatic rings. The molecule has 0 saturated carbocycles. The fraction of sp³-hybridized carbons (Fsp3) is 0.316. The Balaban J connectivity index is 1.55. The van der Waals surface area contributed by atoms with E-state index in [2.05, 4.69) is 25.9 Å². The molecule has 1 aromatic carbocycles. The highest BCUT2D eigenvalue weighted by Crippen LogP contribution is 2.44. The predicted octanol–water partition coefficient (Wildman–Crippen LogP) is -0.426. The van der Waals surface area contributed by atoms with Crippen molar-refractivity contribution in [3.63, 3.8) is 0 Å². The highest BCUT2D eigenvalue weighted by Gasteiger charge is 2.55. The highest BCUT2D eigenvalue weighted by atomic mass is 32.2. The molecule has 2 aliphatic heterocycles. The number of aromatic nitrogens is 4. The van der Waals surface area contributed by atoms with Gasteiger partial charge in [-0.2, -0.15) is 0 Å². The van der Waals surface area contributed by atoms with E-state index in [0.717, 1.165) is 16.7 Å². The van der Waals surface area contributed by atoms with Crippen LogP contribution in [-0.2, 0) is 19.2 Å². The molecule has 13 nitrogen and oxygen atoms in total. The Kier molecular flexibility index (Phi) is 6.85. The van der Waals surface area contributed by atoms with Crippen LogP contribution in [0.3, 0.4) is 0 Å². The van der Waals surface area contributed by atoms with Gasteiger partial charge in [-0.25, -0.2) is 9.89 Å². The molecular weight excluding hydrogens is 486 g/mol. The molecule has 34 heavy (non-hydrogen) atoms. The van der Waals surface area contributed by atoms with E-state index < -0.39 is 52.9 Å². The van der Waals surface area contributed by atoms with Gasteiger partial charge >= 0.3 is 11.9 Å². The molecule has 1 fully saturated rings. The quantitative estimate of drug-likeness (QED) is 0.218. The number of nitrogens with one attached hydrogen (secondary N) is 2. The van der Waals surface area contributed by atoms with Crippen molar-refractivity contribution in [1.82, 2.24) is 30.8 Å². The number of carboxylic acids is 2. The molecule has 0 aliphatic carbocycles. The Morgan fingerprint density at radius 2 is 2.03 bits per heavy atom.